The molecule has 1 aromatic heterocycles. The first kappa shape index (κ1) is 17.9. The second-order valence-electron chi connectivity index (χ2n) is 7.34. The van der Waals surface area contributed by atoms with Crippen LogP contribution in [0, 0.1) is 6.92 Å². The number of nitrogens with zero attached hydrogens (tertiary/aromatic N) is 2. The SMILES string of the molecule is Cc1cc(N=Cc2ccccn2)c(Oc2ccccc2)c(C(C)(C)C)c1. The molecule has 0 spiro atoms. The predicted octanol–water partition coefficient (Wildman–Crippen LogP) is 6.23. The third kappa shape index (κ3) is 4.37. The van der Waals surface area contributed by atoms with E-state index in [1.807, 2.05) is 54.6 Å². The van der Waals surface area contributed by atoms with Crippen LogP contribution in [0.5, 0.6) is 11.5 Å². The smallest absolute Gasteiger partial charge is 0.156 e. The Labute approximate surface area is 155 Å². The van der Waals surface area contributed by atoms with E-state index in [1.54, 1.807) is 12.4 Å². The van der Waals surface area contributed by atoms with E-state index in [4.69, 9.17) is 9.73 Å². The van der Waals surface area contributed by atoms with E-state index in [9.17, 15) is 0 Å². The minimum atomic E-state index is -0.0641. The molecule has 0 fully saturated rings. The third-order valence-corrected chi connectivity index (χ3v) is 4.01. The van der Waals surface area contributed by atoms with Crippen molar-refractivity contribution in [3.05, 3.63) is 83.7 Å². The van der Waals surface area contributed by atoms with Crippen molar-refractivity contribution in [3.8, 4) is 11.5 Å². The first-order chi connectivity index (χ1) is 12.4. The molecule has 0 aliphatic heterocycles. The molecule has 3 rings (SSSR count). The van der Waals surface area contributed by atoms with Crippen LogP contribution in [0.15, 0.2) is 71.9 Å². The molecule has 0 saturated carbocycles. The van der Waals surface area contributed by atoms with Crippen LogP contribution in [0.25, 0.3) is 0 Å². The number of pyridine rings is 1. The minimum Gasteiger partial charge on any atom is -0.455 e. The Balaban J connectivity index is 2.09. The molecule has 0 aliphatic rings. The van der Waals surface area contributed by atoms with Crippen molar-refractivity contribution in [1.82, 2.24) is 4.98 Å². The first-order valence-corrected chi connectivity index (χ1v) is 8.76. The lowest BCUT2D eigenvalue weighted by Crippen LogP contribution is -2.13. The van der Waals surface area contributed by atoms with E-state index in [-0.39, 0.29) is 5.41 Å². The summed E-state index contributed by atoms with van der Waals surface area (Å²) in [5, 5.41) is 0. The van der Waals surface area contributed by atoms with Crippen LogP contribution in [0.4, 0.5) is 5.69 Å². The molecule has 1 heterocycles. The number of aliphatic imine (C=N–C) groups is 1. The molecule has 132 valence electrons. The lowest BCUT2D eigenvalue weighted by molar-refractivity contribution is 0.456. The van der Waals surface area contributed by atoms with Gasteiger partial charge in [-0.15, -0.1) is 0 Å². The van der Waals surface area contributed by atoms with Gasteiger partial charge in [-0.3, -0.25) is 9.98 Å². The van der Waals surface area contributed by atoms with Crippen LogP contribution >= 0.6 is 0 Å². The topological polar surface area (TPSA) is 34.5 Å². The highest BCUT2D eigenvalue weighted by atomic mass is 16.5. The van der Waals surface area contributed by atoms with Gasteiger partial charge in [0.25, 0.3) is 0 Å². The second-order valence-corrected chi connectivity index (χ2v) is 7.34. The first-order valence-electron chi connectivity index (χ1n) is 8.76. The van der Waals surface area contributed by atoms with E-state index in [0.29, 0.717) is 0 Å². The number of hydrogen-bond acceptors (Lipinski definition) is 3. The monoisotopic (exact) mass is 344 g/mol. The number of ether oxygens (including phenoxy) is 1. The molecule has 0 aliphatic carbocycles. The maximum atomic E-state index is 6.28. The van der Waals surface area contributed by atoms with Crippen molar-refractivity contribution in [3.63, 3.8) is 0 Å². The Morgan fingerprint density at radius 1 is 0.962 bits per heavy atom. The predicted molar refractivity (Wildman–Crippen MR) is 108 cm³/mol. The normalized spacial score (nSPS) is 11.7. The molecule has 0 N–H and O–H groups in total. The molecular weight excluding hydrogens is 320 g/mol. The quantitative estimate of drug-likeness (QED) is 0.526. The molecule has 0 bridgehead atoms. The summed E-state index contributed by atoms with van der Waals surface area (Å²) in [6.45, 7) is 8.64. The minimum absolute atomic E-state index is 0.0641. The lowest BCUT2D eigenvalue weighted by atomic mass is 9.85. The maximum absolute atomic E-state index is 6.28. The van der Waals surface area contributed by atoms with Gasteiger partial charge in [0.2, 0.25) is 0 Å². The number of benzene rings is 2. The highest BCUT2D eigenvalue weighted by molar-refractivity contribution is 5.81. The van der Waals surface area contributed by atoms with Crippen LogP contribution in [0.1, 0.15) is 37.6 Å². The van der Waals surface area contributed by atoms with Gasteiger partial charge < -0.3 is 4.74 Å². The van der Waals surface area contributed by atoms with Gasteiger partial charge in [0, 0.05) is 11.8 Å². The molecule has 0 saturated heterocycles. The second kappa shape index (κ2) is 7.52. The molecule has 2 aromatic carbocycles. The Bertz CT molecular complexity index is 895. The third-order valence-electron chi connectivity index (χ3n) is 4.01. The van der Waals surface area contributed by atoms with E-state index in [2.05, 4.69) is 38.7 Å². The standard InChI is InChI=1S/C23H24N2O/c1-17-14-20(23(2,3)4)22(26-19-11-6-5-7-12-19)21(15-17)25-16-18-10-8-9-13-24-18/h5-16H,1-4H3. The summed E-state index contributed by atoms with van der Waals surface area (Å²) >= 11 is 0. The summed E-state index contributed by atoms with van der Waals surface area (Å²) in [5.41, 5.74) is 3.85. The van der Waals surface area contributed by atoms with Crippen molar-refractivity contribution in [2.45, 2.75) is 33.1 Å². The van der Waals surface area contributed by atoms with E-state index >= 15 is 0 Å². The summed E-state index contributed by atoms with van der Waals surface area (Å²) < 4.78 is 6.28. The van der Waals surface area contributed by atoms with Crippen molar-refractivity contribution < 1.29 is 4.74 Å². The summed E-state index contributed by atoms with van der Waals surface area (Å²) in [5.74, 6) is 1.60. The highest BCUT2D eigenvalue weighted by Gasteiger charge is 2.22. The maximum Gasteiger partial charge on any atom is 0.156 e. The summed E-state index contributed by atoms with van der Waals surface area (Å²) in [6.07, 6.45) is 3.54. The van der Waals surface area contributed by atoms with Crippen molar-refractivity contribution in [2.24, 2.45) is 4.99 Å². The van der Waals surface area contributed by atoms with Crippen LogP contribution in [0.3, 0.4) is 0 Å². The molecule has 0 radical (unpaired) electrons. The van der Waals surface area contributed by atoms with Gasteiger partial charge in [-0.05, 0) is 48.2 Å². The Hall–Kier alpha value is -2.94. The molecule has 3 aromatic rings. The van der Waals surface area contributed by atoms with E-state index in [1.165, 1.54) is 0 Å². The molecule has 0 unspecified atom stereocenters. The zero-order valence-electron chi connectivity index (χ0n) is 15.7. The lowest BCUT2D eigenvalue weighted by Gasteiger charge is -2.24. The zero-order valence-corrected chi connectivity index (χ0v) is 15.7. The number of para-hydroxylation sites is 1. The van der Waals surface area contributed by atoms with Gasteiger partial charge in [-0.25, -0.2) is 0 Å². The Morgan fingerprint density at radius 2 is 1.69 bits per heavy atom. The molecular formula is C23H24N2O. The number of rotatable bonds is 4. The van der Waals surface area contributed by atoms with Crippen molar-refractivity contribution >= 4 is 11.9 Å². The van der Waals surface area contributed by atoms with Crippen LogP contribution < -0.4 is 4.74 Å². The average Bonchev–Trinajstić information content (AvgIpc) is 2.62. The highest BCUT2D eigenvalue weighted by Crippen LogP contribution is 2.42. The summed E-state index contributed by atoms with van der Waals surface area (Å²) in [6, 6.07) is 19.8. The zero-order chi connectivity index (χ0) is 18.6. The fraction of sp³-hybridized carbons (Fsp3) is 0.217. The molecule has 0 atom stereocenters. The van der Waals surface area contributed by atoms with Gasteiger partial charge >= 0.3 is 0 Å². The summed E-state index contributed by atoms with van der Waals surface area (Å²) in [4.78, 5) is 9.01. The van der Waals surface area contributed by atoms with Crippen molar-refractivity contribution in [2.75, 3.05) is 0 Å². The molecule has 0 amide bonds. The fourth-order valence-corrected chi connectivity index (χ4v) is 2.71. The Morgan fingerprint density at radius 3 is 2.35 bits per heavy atom. The van der Waals surface area contributed by atoms with E-state index < -0.39 is 0 Å². The number of aryl methyl sites for hydroxylation is 1. The van der Waals surface area contributed by atoms with Crippen LogP contribution in [0.2, 0.25) is 0 Å². The fourth-order valence-electron chi connectivity index (χ4n) is 2.71. The van der Waals surface area contributed by atoms with Crippen LogP contribution in [-0.2, 0) is 5.41 Å². The largest absolute Gasteiger partial charge is 0.455 e. The van der Waals surface area contributed by atoms with Crippen molar-refractivity contribution in [1.29, 1.82) is 0 Å². The van der Waals surface area contributed by atoms with E-state index in [0.717, 1.165) is 34.0 Å². The summed E-state index contributed by atoms with van der Waals surface area (Å²) in [7, 11) is 0. The van der Waals surface area contributed by atoms with Gasteiger partial charge in [0.1, 0.15) is 11.4 Å². The van der Waals surface area contributed by atoms with Gasteiger partial charge in [-0.1, -0.05) is 51.1 Å². The van der Waals surface area contributed by atoms with Gasteiger partial charge in [0.15, 0.2) is 5.75 Å². The van der Waals surface area contributed by atoms with Gasteiger partial charge in [0.05, 0.1) is 11.9 Å². The Kier molecular flexibility index (Phi) is 5.17. The number of hydrogen-bond donors (Lipinski definition) is 0. The molecule has 3 nitrogen and oxygen atoms in total. The van der Waals surface area contributed by atoms with Gasteiger partial charge in [-0.2, -0.15) is 0 Å². The average molecular weight is 344 g/mol. The molecule has 26 heavy (non-hydrogen) atoms. The van der Waals surface area contributed by atoms with Crippen LogP contribution in [-0.4, -0.2) is 11.2 Å². The number of aromatic nitrogens is 1. The molecule has 3 heteroatoms.